The van der Waals surface area contributed by atoms with Crippen molar-refractivity contribution < 1.29 is 9.47 Å². The van der Waals surface area contributed by atoms with Gasteiger partial charge in [0.2, 0.25) is 0 Å². The van der Waals surface area contributed by atoms with E-state index >= 15 is 0 Å². The highest BCUT2D eigenvalue weighted by Crippen LogP contribution is 2.34. The fourth-order valence-electron chi connectivity index (χ4n) is 4.08. The lowest BCUT2D eigenvalue weighted by Gasteiger charge is -2.35. The molecule has 5 nitrogen and oxygen atoms in total. The van der Waals surface area contributed by atoms with Gasteiger partial charge in [-0.1, -0.05) is 13.3 Å². The molecular formula is C20H38IN3O2. The number of guanidine groups is 1. The molecule has 26 heavy (non-hydrogen) atoms. The summed E-state index contributed by atoms with van der Waals surface area (Å²) in [6.07, 6.45) is 10.5. The molecule has 0 aromatic rings. The van der Waals surface area contributed by atoms with Crippen molar-refractivity contribution in [2.24, 2.45) is 10.9 Å². The van der Waals surface area contributed by atoms with Crippen molar-refractivity contribution in [2.45, 2.75) is 83.5 Å². The van der Waals surface area contributed by atoms with E-state index in [0.717, 1.165) is 64.0 Å². The van der Waals surface area contributed by atoms with Crippen LogP contribution in [0.4, 0.5) is 0 Å². The van der Waals surface area contributed by atoms with Crippen molar-refractivity contribution in [1.82, 2.24) is 10.2 Å². The summed E-state index contributed by atoms with van der Waals surface area (Å²) >= 11 is 0. The molecule has 0 aromatic heterocycles. The summed E-state index contributed by atoms with van der Waals surface area (Å²) in [5.74, 6) is 1.99. The molecule has 3 fully saturated rings. The van der Waals surface area contributed by atoms with E-state index in [0.29, 0.717) is 18.2 Å². The lowest BCUT2D eigenvalue weighted by molar-refractivity contribution is -0.0721. The molecule has 0 aromatic carbocycles. The van der Waals surface area contributed by atoms with Crippen molar-refractivity contribution in [1.29, 1.82) is 0 Å². The summed E-state index contributed by atoms with van der Waals surface area (Å²) in [6.45, 7) is 9.04. The summed E-state index contributed by atoms with van der Waals surface area (Å²) in [4.78, 5) is 7.17. The predicted octanol–water partition coefficient (Wildman–Crippen LogP) is 3.81. The molecule has 1 aliphatic carbocycles. The molecule has 0 amide bonds. The third-order valence-corrected chi connectivity index (χ3v) is 5.74. The predicted molar refractivity (Wildman–Crippen MR) is 117 cm³/mol. The molecule has 0 bridgehead atoms. The Kier molecular flexibility index (Phi) is 9.99. The first-order valence-electron chi connectivity index (χ1n) is 10.6. The van der Waals surface area contributed by atoms with Gasteiger partial charge >= 0.3 is 0 Å². The maximum absolute atomic E-state index is 6.14. The summed E-state index contributed by atoms with van der Waals surface area (Å²) in [5.41, 5.74) is 0. The van der Waals surface area contributed by atoms with Crippen LogP contribution in [0, 0.1) is 5.92 Å². The lowest BCUT2D eigenvalue weighted by Crippen LogP contribution is -2.48. The third-order valence-electron chi connectivity index (χ3n) is 5.74. The Bertz CT molecular complexity index is 421. The second kappa shape index (κ2) is 11.7. The van der Waals surface area contributed by atoms with Crippen LogP contribution in [0.15, 0.2) is 4.99 Å². The molecular weight excluding hydrogens is 441 g/mol. The van der Waals surface area contributed by atoms with E-state index in [1.54, 1.807) is 0 Å². The van der Waals surface area contributed by atoms with Gasteiger partial charge in [0.15, 0.2) is 5.96 Å². The number of ether oxygens (including phenoxy) is 2. The number of likely N-dealkylation sites (tertiary alicyclic amines) is 1. The van der Waals surface area contributed by atoms with Crippen LogP contribution >= 0.6 is 24.0 Å². The lowest BCUT2D eigenvalue weighted by atomic mass is 10.1. The number of piperidine rings is 1. The largest absolute Gasteiger partial charge is 0.376 e. The van der Waals surface area contributed by atoms with Gasteiger partial charge in [-0.25, -0.2) is 0 Å². The Balaban J connectivity index is 0.00000243. The van der Waals surface area contributed by atoms with Crippen LogP contribution < -0.4 is 5.32 Å². The quantitative estimate of drug-likeness (QED) is 0.343. The molecule has 2 saturated heterocycles. The average Bonchev–Trinajstić information content (AvgIpc) is 3.39. The van der Waals surface area contributed by atoms with E-state index in [1.807, 2.05) is 0 Å². The van der Waals surface area contributed by atoms with Gasteiger partial charge in [0.1, 0.15) is 0 Å². The number of hydrogen-bond donors (Lipinski definition) is 1. The molecule has 3 aliphatic rings. The van der Waals surface area contributed by atoms with E-state index < -0.39 is 0 Å². The van der Waals surface area contributed by atoms with Gasteiger partial charge in [0.05, 0.1) is 18.8 Å². The van der Waals surface area contributed by atoms with E-state index in [-0.39, 0.29) is 24.0 Å². The van der Waals surface area contributed by atoms with E-state index in [1.165, 1.54) is 32.1 Å². The first-order valence-corrected chi connectivity index (χ1v) is 10.6. The van der Waals surface area contributed by atoms with Crippen LogP contribution in [0.3, 0.4) is 0 Å². The van der Waals surface area contributed by atoms with E-state index in [4.69, 9.17) is 14.5 Å². The monoisotopic (exact) mass is 479 g/mol. The highest BCUT2D eigenvalue weighted by molar-refractivity contribution is 14.0. The first kappa shape index (κ1) is 22.2. The molecule has 2 aliphatic heterocycles. The van der Waals surface area contributed by atoms with Crippen LogP contribution in [0.5, 0.6) is 0 Å². The van der Waals surface area contributed by atoms with Gasteiger partial charge in [-0.05, 0) is 57.8 Å². The van der Waals surface area contributed by atoms with Gasteiger partial charge < -0.3 is 19.7 Å². The summed E-state index contributed by atoms with van der Waals surface area (Å²) in [6, 6.07) is 0.655. The second-order valence-electron chi connectivity index (χ2n) is 7.84. The van der Waals surface area contributed by atoms with Crippen LogP contribution in [-0.4, -0.2) is 62.0 Å². The van der Waals surface area contributed by atoms with Crippen molar-refractivity contribution in [3.05, 3.63) is 0 Å². The van der Waals surface area contributed by atoms with Gasteiger partial charge in [0.25, 0.3) is 0 Å². The molecule has 152 valence electrons. The first-order chi connectivity index (χ1) is 12.3. The highest BCUT2D eigenvalue weighted by atomic mass is 127. The van der Waals surface area contributed by atoms with Crippen LogP contribution in [-0.2, 0) is 9.47 Å². The van der Waals surface area contributed by atoms with E-state index in [2.05, 4.69) is 24.1 Å². The number of rotatable bonds is 7. The number of halogens is 1. The SMILES string of the molecule is CCCC1CC1NC(=NCC)N1CCC(OCC2CCCCO2)CC1.I. The zero-order valence-electron chi connectivity index (χ0n) is 16.6. The smallest absolute Gasteiger partial charge is 0.194 e. The minimum Gasteiger partial charge on any atom is -0.376 e. The van der Waals surface area contributed by atoms with Crippen molar-refractivity contribution >= 4 is 29.9 Å². The van der Waals surface area contributed by atoms with Crippen molar-refractivity contribution in [3.63, 3.8) is 0 Å². The summed E-state index contributed by atoms with van der Waals surface area (Å²) in [5, 5.41) is 3.71. The Hall–Kier alpha value is -0.0800. The number of aliphatic imine (C=N–C) groups is 1. The standard InChI is InChI=1S/C20H37N3O2.HI/c1-3-7-16-14-19(16)22-20(21-4-2)23-11-9-17(10-12-23)25-15-18-8-5-6-13-24-18;/h16-19H,3-15H2,1-2H3,(H,21,22);1H. The molecule has 2 heterocycles. The van der Waals surface area contributed by atoms with Gasteiger partial charge in [-0.15, -0.1) is 24.0 Å². The Morgan fingerprint density at radius 3 is 2.65 bits per heavy atom. The van der Waals surface area contributed by atoms with Crippen molar-refractivity contribution in [3.8, 4) is 0 Å². The highest BCUT2D eigenvalue weighted by Gasteiger charge is 2.37. The third kappa shape index (κ3) is 6.82. The number of nitrogens with zero attached hydrogens (tertiary/aromatic N) is 2. The zero-order chi connectivity index (χ0) is 17.5. The van der Waals surface area contributed by atoms with Crippen LogP contribution in [0.1, 0.15) is 65.2 Å². The molecule has 1 saturated carbocycles. The number of nitrogens with one attached hydrogen (secondary N) is 1. The Morgan fingerprint density at radius 1 is 1.19 bits per heavy atom. The maximum atomic E-state index is 6.14. The maximum Gasteiger partial charge on any atom is 0.194 e. The fraction of sp³-hybridized carbons (Fsp3) is 0.950. The minimum atomic E-state index is 0. The molecule has 6 heteroatoms. The molecule has 0 spiro atoms. The number of hydrogen-bond acceptors (Lipinski definition) is 3. The van der Waals surface area contributed by atoms with Gasteiger partial charge in [0, 0.05) is 32.3 Å². The van der Waals surface area contributed by atoms with Crippen LogP contribution in [0.2, 0.25) is 0 Å². The normalized spacial score (nSPS) is 30.0. The van der Waals surface area contributed by atoms with Gasteiger partial charge in [-0.3, -0.25) is 4.99 Å². The van der Waals surface area contributed by atoms with Crippen molar-refractivity contribution in [2.75, 3.05) is 32.8 Å². The molecule has 3 atom stereocenters. The molecule has 0 radical (unpaired) electrons. The van der Waals surface area contributed by atoms with E-state index in [9.17, 15) is 0 Å². The summed E-state index contributed by atoms with van der Waals surface area (Å²) in [7, 11) is 0. The Morgan fingerprint density at radius 2 is 2.00 bits per heavy atom. The average molecular weight is 479 g/mol. The molecule has 3 unspecified atom stereocenters. The second-order valence-corrected chi connectivity index (χ2v) is 7.84. The van der Waals surface area contributed by atoms with Crippen LogP contribution in [0.25, 0.3) is 0 Å². The minimum absolute atomic E-state index is 0. The van der Waals surface area contributed by atoms with Gasteiger partial charge in [-0.2, -0.15) is 0 Å². The fourth-order valence-corrected chi connectivity index (χ4v) is 4.08. The summed E-state index contributed by atoms with van der Waals surface area (Å²) < 4.78 is 11.9. The molecule has 1 N–H and O–H groups in total. The zero-order valence-corrected chi connectivity index (χ0v) is 19.0. The Labute approximate surface area is 176 Å². The topological polar surface area (TPSA) is 46.1 Å². The molecule has 3 rings (SSSR count).